The Hall–Kier alpha value is -1.71. The highest BCUT2D eigenvalue weighted by Gasteiger charge is 2.26. The SMILES string of the molecule is O=CCc1cnc2nc(C3CC3)[nH]c2c1. The highest BCUT2D eigenvalue weighted by atomic mass is 16.1. The maximum absolute atomic E-state index is 10.4. The van der Waals surface area contributed by atoms with E-state index >= 15 is 0 Å². The van der Waals surface area contributed by atoms with Crippen LogP contribution in [0.3, 0.4) is 0 Å². The number of hydrogen-bond acceptors (Lipinski definition) is 3. The fourth-order valence-corrected chi connectivity index (χ4v) is 1.72. The van der Waals surface area contributed by atoms with Gasteiger partial charge in [0.25, 0.3) is 0 Å². The number of hydrogen-bond donors (Lipinski definition) is 1. The number of nitrogens with one attached hydrogen (secondary N) is 1. The van der Waals surface area contributed by atoms with E-state index in [4.69, 9.17) is 0 Å². The molecule has 3 rings (SSSR count). The molecule has 2 aromatic heterocycles. The number of aromatic nitrogens is 3. The van der Waals surface area contributed by atoms with Gasteiger partial charge < -0.3 is 9.78 Å². The number of pyridine rings is 1. The molecule has 0 aliphatic heterocycles. The molecular weight excluding hydrogens is 190 g/mol. The Bertz CT molecular complexity index is 514. The zero-order chi connectivity index (χ0) is 10.3. The minimum absolute atomic E-state index is 0.417. The van der Waals surface area contributed by atoms with Crippen molar-refractivity contribution in [2.45, 2.75) is 25.2 Å². The summed E-state index contributed by atoms with van der Waals surface area (Å²) in [4.78, 5) is 22.3. The summed E-state index contributed by atoms with van der Waals surface area (Å²) < 4.78 is 0. The largest absolute Gasteiger partial charge is 0.340 e. The third kappa shape index (κ3) is 1.52. The van der Waals surface area contributed by atoms with Crippen molar-refractivity contribution in [3.8, 4) is 0 Å². The molecule has 0 spiro atoms. The molecule has 4 nitrogen and oxygen atoms in total. The number of fused-ring (bicyclic) bond motifs is 1. The van der Waals surface area contributed by atoms with Gasteiger partial charge in [-0.3, -0.25) is 0 Å². The van der Waals surface area contributed by atoms with E-state index in [1.54, 1.807) is 6.20 Å². The Morgan fingerprint density at radius 3 is 3.13 bits per heavy atom. The van der Waals surface area contributed by atoms with Crippen LogP contribution in [0.2, 0.25) is 0 Å². The lowest BCUT2D eigenvalue weighted by atomic mass is 10.2. The fourth-order valence-electron chi connectivity index (χ4n) is 1.72. The second kappa shape index (κ2) is 3.15. The molecule has 0 saturated heterocycles. The van der Waals surface area contributed by atoms with Crippen LogP contribution in [0, 0.1) is 0 Å². The molecule has 4 heteroatoms. The fraction of sp³-hybridized carbons (Fsp3) is 0.364. The summed E-state index contributed by atoms with van der Waals surface area (Å²) in [6, 6.07) is 1.95. The van der Waals surface area contributed by atoms with Crippen molar-refractivity contribution >= 4 is 17.5 Å². The van der Waals surface area contributed by atoms with Gasteiger partial charge in [-0.05, 0) is 24.5 Å². The van der Waals surface area contributed by atoms with Crippen molar-refractivity contribution in [2.24, 2.45) is 0 Å². The molecule has 0 aromatic carbocycles. The van der Waals surface area contributed by atoms with Gasteiger partial charge in [0.15, 0.2) is 5.65 Å². The summed E-state index contributed by atoms with van der Waals surface area (Å²) in [5, 5.41) is 0. The molecule has 1 saturated carbocycles. The number of rotatable bonds is 3. The van der Waals surface area contributed by atoms with Gasteiger partial charge >= 0.3 is 0 Å². The first-order chi connectivity index (χ1) is 7.36. The lowest BCUT2D eigenvalue weighted by molar-refractivity contribution is -0.107. The zero-order valence-electron chi connectivity index (χ0n) is 8.23. The first-order valence-electron chi connectivity index (χ1n) is 5.15. The number of carbonyl (C=O) groups excluding carboxylic acids is 1. The molecule has 76 valence electrons. The Morgan fingerprint density at radius 1 is 1.53 bits per heavy atom. The number of aldehydes is 1. The molecule has 1 N–H and O–H groups in total. The molecule has 1 aliphatic rings. The Balaban J connectivity index is 2.05. The van der Waals surface area contributed by atoms with Gasteiger partial charge in [-0.15, -0.1) is 0 Å². The Morgan fingerprint density at radius 2 is 2.40 bits per heavy atom. The first kappa shape index (κ1) is 8.59. The van der Waals surface area contributed by atoms with E-state index in [1.807, 2.05) is 6.07 Å². The van der Waals surface area contributed by atoms with Crippen LogP contribution in [-0.2, 0) is 11.2 Å². The number of aromatic amines is 1. The summed E-state index contributed by atoms with van der Waals surface area (Å²) in [5.41, 5.74) is 2.63. The quantitative estimate of drug-likeness (QED) is 0.767. The van der Waals surface area contributed by atoms with Crippen LogP contribution in [0.4, 0.5) is 0 Å². The van der Waals surface area contributed by atoms with Crippen molar-refractivity contribution in [1.82, 2.24) is 15.0 Å². The van der Waals surface area contributed by atoms with E-state index in [1.165, 1.54) is 12.8 Å². The van der Waals surface area contributed by atoms with Gasteiger partial charge in [0.1, 0.15) is 12.1 Å². The summed E-state index contributed by atoms with van der Waals surface area (Å²) in [5.74, 6) is 1.65. The topological polar surface area (TPSA) is 58.6 Å². The van der Waals surface area contributed by atoms with Crippen LogP contribution in [0.25, 0.3) is 11.2 Å². The van der Waals surface area contributed by atoms with Crippen molar-refractivity contribution in [3.05, 3.63) is 23.7 Å². The zero-order valence-corrected chi connectivity index (χ0v) is 8.23. The van der Waals surface area contributed by atoms with Gasteiger partial charge in [-0.1, -0.05) is 0 Å². The molecule has 1 aliphatic carbocycles. The lowest BCUT2D eigenvalue weighted by Gasteiger charge is -1.92. The second-order valence-electron chi connectivity index (χ2n) is 3.98. The van der Waals surface area contributed by atoms with Crippen molar-refractivity contribution in [2.75, 3.05) is 0 Å². The van der Waals surface area contributed by atoms with Crippen LogP contribution in [-0.4, -0.2) is 21.2 Å². The van der Waals surface area contributed by atoms with Crippen molar-refractivity contribution in [3.63, 3.8) is 0 Å². The molecule has 2 aromatic rings. The average Bonchev–Trinajstić information content (AvgIpc) is 2.99. The van der Waals surface area contributed by atoms with Crippen LogP contribution < -0.4 is 0 Å². The van der Waals surface area contributed by atoms with Crippen LogP contribution in [0.15, 0.2) is 12.3 Å². The lowest BCUT2D eigenvalue weighted by Crippen LogP contribution is -1.87. The van der Waals surface area contributed by atoms with Gasteiger partial charge in [-0.2, -0.15) is 0 Å². The number of nitrogens with zero attached hydrogens (tertiary/aromatic N) is 2. The highest BCUT2D eigenvalue weighted by molar-refractivity contribution is 5.72. The van der Waals surface area contributed by atoms with Gasteiger partial charge in [0, 0.05) is 18.5 Å². The maximum atomic E-state index is 10.4. The summed E-state index contributed by atoms with van der Waals surface area (Å²) in [6.45, 7) is 0. The summed E-state index contributed by atoms with van der Waals surface area (Å²) in [7, 11) is 0. The smallest absolute Gasteiger partial charge is 0.177 e. The van der Waals surface area contributed by atoms with Gasteiger partial charge in [0.2, 0.25) is 0 Å². The highest BCUT2D eigenvalue weighted by Crippen LogP contribution is 2.38. The molecule has 0 amide bonds. The summed E-state index contributed by atoms with van der Waals surface area (Å²) >= 11 is 0. The minimum Gasteiger partial charge on any atom is -0.340 e. The van der Waals surface area contributed by atoms with Crippen molar-refractivity contribution in [1.29, 1.82) is 0 Å². The number of H-pyrrole nitrogens is 1. The van der Waals surface area contributed by atoms with E-state index < -0.39 is 0 Å². The van der Waals surface area contributed by atoms with E-state index in [0.717, 1.165) is 28.8 Å². The molecular formula is C11H11N3O. The molecule has 0 radical (unpaired) electrons. The third-order valence-corrected chi connectivity index (χ3v) is 2.70. The van der Waals surface area contributed by atoms with E-state index in [0.29, 0.717) is 12.3 Å². The van der Waals surface area contributed by atoms with E-state index in [9.17, 15) is 4.79 Å². The standard InChI is InChI=1S/C11H11N3O/c15-4-3-7-5-9-11(12-6-7)14-10(13-9)8-1-2-8/h4-6,8H,1-3H2,(H,12,13,14). The summed E-state index contributed by atoms with van der Waals surface area (Å²) in [6.07, 6.45) is 5.47. The Labute approximate surface area is 86.7 Å². The monoisotopic (exact) mass is 201 g/mol. The Kier molecular flexibility index (Phi) is 1.80. The minimum atomic E-state index is 0.417. The molecule has 1 fully saturated rings. The van der Waals surface area contributed by atoms with Crippen LogP contribution in [0.1, 0.15) is 30.1 Å². The normalized spacial score (nSPS) is 15.7. The molecule has 0 unspecified atom stereocenters. The van der Waals surface area contributed by atoms with Gasteiger partial charge in [-0.25, -0.2) is 9.97 Å². The van der Waals surface area contributed by atoms with E-state index in [2.05, 4.69) is 15.0 Å². The predicted molar refractivity (Wildman–Crippen MR) is 55.6 cm³/mol. The molecule has 0 bridgehead atoms. The second-order valence-corrected chi connectivity index (χ2v) is 3.98. The average molecular weight is 201 g/mol. The van der Waals surface area contributed by atoms with E-state index in [-0.39, 0.29) is 0 Å². The van der Waals surface area contributed by atoms with Gasteiger partial charge in [0.05, 0.1) is 5.52 Å². The van der Waals surface area contributed by atoms with Crippen molar-refractivity contribution < 1.29 is 4.79 Å². The molecule has 15 heavy (non-hydrogen) atoms. The molecule has 2 heterocycles. The molecule has 0 atom stereocenters. The van der Waals surface area contributed by atoms with Crippen LogP contribution >= 0.6 is 0 Å². The van der Waals surface area contributed by atoms with Crippen LogP contribution in [0.5, 0.6) is 0 Å². The number of imidazole rings is 1. The maximum Gasteiger partial charge on any atom is 0.177 e. The predicted octanol–water partition coefficient (Wildman–Crippen LogP) is 1.58. The first-order valence-corrected chi connectivity index (χ1v) is 5.15. The number of carbonyl (C=O) groups is 1. The third-order valence-electron chi connectivity index (χ3n) is 2.70.